The lowest BCUT2D eigenvalue weighted by Crippen LogP contribution is -1.97. The number of hydrogen-bond acceptors (Lipinski definition) is 4. The highest BCUT2D eigenvalue weighted by Gasteiger charge is 2.03. The summed E-state index contributed by atoms with van der Waals surface area (Å²) in [4.78, 5) is 16.7. The molecule has 0 amide bonds. The van der Waals surface area contributed by atoms with Crippen LogP contribution in [0.15, 0.2) is 69.0 Å². The number of rotatable bonds is 3. The average molecular weight is 279 g/mol. The van der Waals surface area contributed by atoms with Crippen molar-refractivity contribution in [3.05, 3.63) is 76.1 Å². The van der Waals surface area contributed by atoms with E-state index < -0.39 is 0 Å². The molecule has 3 aromatic rings. The first-order valence-electron chi connectivity index (χ1n) is 6.52. The van der Waals surface area contributed by atoms with Gasteiger partial charge < -0.3 is 9.25 Å². The number of fused-ring (bicyclic) bond motifs is 1. The van der Waals surface area contributed by atoms with Gasteiger partial charge in [0, 0.05) is 17.5 Å². The smallest absolute Gasteiger partial charge is 0.336 e. The number of hydrogen-bond donors (Lipinski definition) is 0. The summed E-state index contributed by atoms with van der Waals surface area (Å²) in [6.45, 7) is 1.87. The zero-order valence-electron chi connectivity index (χ0n) is 11.4. The predicted octanol–water partition coefficient (Wildman–Crippen LogP) is 3.51. The molecule has 0 spiro atoms. The molecule has 0 bridgehead atoms. The molecule has 4 nitrogen and oxygen atoms in total. The molecule has 104 valence electrons. The van der Waals surface area contributed by atoms with Gasteiger partial charge in [-0.2, -0.15) is 0 Å². The zero-order valence-corrected chi connectivity index (χ0v) is 11.4. The lowest BCUT2D eigenvalue weighted by Gasteiger charge is -2.02. The maximum Gasteiger partial charge on any atom is 0.336 e. The third-order valence-electron chi connectivity index (χ3n) is 3.08. The van der Waals surface area contributed by atoms with E-state index in [4.69, 9.17) is 9.25 Å². The fourth-order valence-electron chi connectivity index (χ4n) is 2.05. The van der Waals surface area contributed by atoms with Crippen molar-refractivity contribution in [2.24, 2.45) is 5.16 Å². The molecule has 2 aromatic carbocycles. The van der Waals surface area contributed by atoms with Crippen molar-refractivity contribution in [1.82, 2.24) is 0 Å². The number of aryl methyl sites for hydroxylation is 1. The van der Waals surface area contributed by atoms with Crippen LogP contribution in [0.2, 0.25) is 0 Å². The van der Waals surface area contributed by atoms with Crippen LogP contribution < -0.4 is 10.5 Å². The minimum absolute atomic E-state index is 0.370. The molecule has 0 aliphatic carbocycles. The van der Waals surface area contributed by atoms with E-state index in [-0.39, 0.29) is 5.63 Å². The number of nitrogens with zero attached hydrogens (tertiary/aromatic N) is 1. The second-order valence-electron chi connectivity index (χ2n) is 4.64. The molecule has 1 heterocycles. The largest absolute Gasteiger partial charge is 0.423 e. The van der Waals surface area contributed by atoms with Crippen LogP contribution in [0.5, 0.6) is 5.75 Å². The summed E-state index contributed by atoms with van der Waals surface area (Å²) in [7, 11) is 0. The van der Waals surface area contributed by atoms with Gasteiger partial charge in [0.15, 0.2) is 5.75 Å². The van der Waals surface area contributed by atoms with Crippen LogP contribution in [-0.2, 0) is 0 Å². The number of oxime groups is 1. The van der Waals surface area contributed by atoms with Gasteiger partial charge in [-0.25, -0.2) is 4.79 Å². The fourth-order valence-corrected chi connectivity index (χ4v) is 2.05. The van der Waals surface area contributed by atoms with E-state index in [1.807, 2.05) is 43.3 Å². The molecule has 0 fully saturated rings. The fraction of sp³-hybridized carbons (Fsp3) is 0.0588. The van der Waals surface area contributed by atoms with Gasteiger partial charge in [0.1, 0.15) is 5.58 Å². The highest BCUT2D eigenvalue weighted by atomic mass is 16.6. The summed E-state index contributed by atoms with van der Waals surface area (Å²) in [5.74, 6) is 0.517. The summed E-state index contributed by atoms with van der Waals surface area (Å²) in [5.41, 5.74) is 1.94. The maximum atomic E-state index is 11.4. The van der Waals surface area contributed by atoms with Crippen molar-refractivity contribution < 1.29 is 9.25 Å². The Labute approximate surface area is 121 Å². The molecule has 21 heavy (non-hydrogen) atoms. The van der Waals surface area contributed by atoms with E-state index in [1.54, 1.807) is 18.3 Å². The maximum absolute atomic E-state index is 11.4. The summed E-state index contributed by atoms with van der Waals surface area (Å²) in [6.07, 6.45) is 1.62. The van der Waals surface area contributed by atoms with Crippen molar-refractivity contribution in [3.63, 3.8) is 0 Å². The molecule has 0 N–H and O–H groups in total. The van der Waals surface area contributed by atoms with Crippen molar-refractivity contribution >= 4 is 17.2 Å². The third kappa shape index (κ3) is 3.00. The van der Waals surface area contributed by atoms with Crippen LogP contribution in [0.25, 0.3) is 11.0 Å². The first-order chi connectivity index (χ1) is 10.2. The van der Waals surface area contributed by atoms with Crippen LogP contribution in [0.1, 0.15) is 11.1 Å². The van der Waals surface area contributed by atoms with Gasteiger partial charge in [-0.3, -0.25) is 0 Å². The first-order valence-corrected chi connectivity index (χ1v) is 6.52. The lowest BCUT2D eigenvalue weighted by molar-refractivity contribution is 0.343. The second-order valence-corrected chi connectivity index (χ2v) is 4.64. The summed E-state index contributed by atoms with van der Waals surface area (Å²) >= 11 is 0. The van der Waals surface area contributed by atoms with Crippen molar-refractivity contribution in [1.29, 1.82) is 0 Å². The van der Waals surface area contributed by atoms with E-state index in [0.29, 0.717) is 11.3 Å². The Kier molecular flexibility index (Phi) is 3.51. The van der Waals surface area contributed by atoms with E-state index in [0.717, 1.165) is 16.5 Å². The zero-order chi connectivity index (χ0) is 14.7. The van der Waals surface area contributed by atoms with Gasteiger partial charge in [0.25, 0.3) is 0 Å². The Hall–Kier alpha value is -2.88. The second kappa shape index (κ2) is 5.63. The highest BCUT2D eigenvalue weighted by Crippen LogP contribution is 2.22. The molecule has 0 atom stereocenters. The molecule has 3 rings (SSSR count). The van der Waals surface area contributed by atoms with Gasteiger partial charge in [-0.05, 0) is 30.2 Å². The molecule has 0 aliphatic rings. The SMILES string of the molecule is Cc1cc(=O)oc2cc(O/N=C/c3ccccc3)ccc12. The molecule has 4 heteroatoms. The normalized spacial score (nSPS) is 11.1. The Morgan fingerprint density at radius 1 is 1.10 bits per heavy atom. The minimum Gasteiger partial charge on any atom is -0.423 e. The van der Waals surface area contributed by atoms with E-state index >= 15 is 0 Å². The minimum atomic E-state index is -0.370. The first kappa shape index (κ1) is 13.1. The van der Waals surface area contributed by atoms with Gasteiger partial charge in [-0.1, -0.05) is 35.5 Å². The van der Waals surface area contributed by atoms with E-state index in [2.05, 4.69) is 5.16 Å². The van der Waals surface area contributed by atoms with Gasteiger partial charge >= 0.3 is 5.63 Å². The van der Waals surface area contributed by atoms with Crippen molar-refractivity contribution in [3.8, 4) is 5.75 Å². The molecule has 0 radical (unpaired) electrons. The van der Waals surface area contributed by atoms with E-state index in [9.17, 15) is 4.79 Å². The Morgan fingerprint density at radius 3 is 2.71 bits per heavy atom. The average Bonchev–Trinajstić information content (AvgIpc) is 2.48. The highest BCUT2D eigenvalue weighted by molar-refractivity contribution is 5.81. The van der Waals surface area contributed by atoms with Crippen molar-refractivity contribution in [2.75, 3.05) is 0 Å². The summed E-state index contributed by atoms with van der Waals surface area (Å²) < 4.78 is 5.16. The standard InChI is InChI=1S/C17H13NO3/c1-12-9-17(19)20-16-10-14(7-8-15(12)16)21-18-11-13-5-3-2-4-6-13/h2-11H,1H3/b18-11+. The van der Waals surface area contributed by atoms with Gasteiger partial charge in [0.05, 0.1) is 6.21 Å². The van der Waals surface area contributed by atoms with Crippen LogP contribution in [0.3, 0.4) is 0 Å². The van der Waals surface area contributed by atoms with Crippen molar-refractivity contribution in [2.45, 2.75) is 6.92 Å². The summed E-state index contributed by atoms with van der Waals surface area (Å²) in [6, 6.07) is 16.4. The lowest BCUT2D eigenvalue weighted by atomic mass is 10.1. The van der Waals surface area contributed by atoms with Gasteiger partial charge in [0.2, 0.25) is 0 Å². The Balaban J connectivity index is 1.85. The predicted molar refractivity (Wildman–Crippen MR) is 81.9 cm³/mol. The molecule has 0 saturated carbocycles. The summed E-state index contributed by atoms with van der Waals surface area (Å²) in [5, 5.41) is 4.80. The molecular formula is C17H13NO3. The topological polar surface area (TPSA) is 51.8 Å². The van der Waals surface area contributed by atoms with Crippen LogP contribution in [0, 0.1) is 6.92 Å². The molecule has 0 aliphatic heterocycles. The monoisotopic (exact) mass is 279 g/mol. The van der Waals surface area contributed by atoms with Gasteiger partial charge in [-0.15, -0.1) is 0 Å². The van der Waals surface area contributed by atoms with Crippen LogP contribution in [-0.4, -0.2) is 6.21 Å². The molecule has 0 unspecified atom stereocenters. The number of benzene rings is 2. The molecule has 1 aromatic heterocycles. The third-order valence-corrected chi connectivity index (χ3v) is 3.08. The van der Waals surface area contributed by atoms with Crippen LogP contribution in [0.4, 0.5) is 0 Å². The Morgan fingerprint density at radius 2 is 1.90 bits per heavy atom. The van der Waals surface area contributed by atoms with Crippen LogP contribution >= 0.6 is 0 Å². The Bertz CT molecular complexity index is 851. The quantitative estimate of drug-likeness (QED) is 0.419. The molecule has 0 saturated heterocycles. The van der Waals surface area contributed by atoms with E-state index in [1.165, 1.54) is 6.07 Å². The molecular weight excluding hydrogens is 266 g/mol.